The third-order valence-corrected chi connectivity index (χ3v) is 11.6. The highest BCUT2D eigenvalue weighted by molar-refractivity contribution is 7.17. The summed E-state index contributed by atoms with van der Waals surface area (Å²) in [7, 11) is 0. The molecular formula is C45H31N3S. The van der Waals surface area contributed by atoms with Crippen LogP contribution < -0.4 is 0 Å². The van der Waals surface area contributed by atoms with E-state index >= 15 is 0 Å². The van der Waals surface area contributed by atoms with Crippen LogP contribution >= 0.6 is 11.3 Å². The number of para-hydroxylation sites is 3. The standard InChI is InChI=1S/C45H31N3S/c1-3-14-32-28(2)45(36-22-8-10-26-40(36)48-39-25-9-7-19-34(39)35-21-13-24-38(45)42(35)48)37-23-12-20-33(41(32)37)30-17-11-18-31(27-30)44-47-46-43(49-44)29-15-5-4-6-16-29/h3-27H,1-2H3/b14-3-. The average molecular weight is 646 g/mol. The minimum Gasteiger partial charge on any atom is -0.309 e. The van der Waals surface area contributed by atoms with Crippen LogP contribution in [0.15, 0.2) is 157 Å². The SMILES string of the molecule is C/C=C\C1=C(C)C2(c3ccccc3-n3c4ccccc4c4cccc2c43)c2cccc(-c3cccc(-c4nnc(-c5ccccc5)s4)c3)c21. The van der Waals surface area contributed by atoms with Crippen LogP contribution in [-0.4, -0.2) is 14.8 Å². The summed E-state index contributed by atoms with van der Waals surface area (Å²) in [6.07, 6.45) is 4.51. The van der Waals surface area contributed by atoms with Gasteiger partial charge in [0.15, 0.2) is 0 Å². The molecule has 2 aromatic heterocycles. The van der Waals surface area contributed by atoms with Gasteiger partial charge in [0.05, 0.1) is 22.1 Å². The molecule has 1 spiro atoms. The third kappa shape index (κ3) is 3.78. The molecule has 0 radical (unpaired) electrons. The fourth-order valence-electron chi connectivity index (χ4n) is 8.62. The van der Waals surface area contributed by atoms with Crippen LogP contribution in [0.4, 0.5) is 0 Å². The zero-order valence-electron chi connectivity index (χ0n) is 27.2. The molecule has 49 heavy (non-hydrogen) atoms. The number of rotatable bonds is 4. The maximum atomic E-state index is 4.63. The number of hydrogen-bond donors (Lipinski definition) is 0. The molecule has 0 fully saturated rings. The van der Waals surface area contributed by atoms with Crippen LogP contribution in [0.3, 0.4) is 0 Å². The van der Waals surface area contributed by atoms with Crippen molar-refractivity contribution in [1.82, 2.24) is 14.8 Å². The Balaban J connectivity index is 1.24. The van der Waals surface area contributed by atoms with E-state index in [2.05, 4.69) is 162 Å². The van der Waals surface area contributed by atoms with Gasteiger partial charge in [-0.2, -0.15) is 0 Å². The first-order chi connectivity index (χ1) is 24.2. The number of fused-ring (bicyclic) bond motifs is 9. The lowest BCUT2D eigenvalue weighted by Gasteiger charge is -2.40. The van der Waals surface area contributed by atoms with E-state index in [1.807, 2.05) is 18.2 Å². The number of aromatic nitrogens is 3. The molecule has 0 amide bonds. The molecule has 10 rings (SSSR count). The Labute approximate surface area is 289 Å². The van der Waals surface area contributed by atoms with Crippen LogP contribution in [0.5, 0.6) is 0 Å². The first kappa shape index (κ1) is 28.2. The minimum atomic E-state index is -0.442. The highest BCUT2D eigenvalue weighted by atomic mass is 32.1. The Hall–Kier alpha value is -5.84. The van der Waals surface area contributed by atoms with Gasteiger partial charge in [0.2, 0.25) is 0 Å². The zero-order valence-corrected chi connectivity index (χ0v) is 28.0. The molecule has 4 heteroatoms. The van der Waals surface area contributed by atoms with E-state index in [-0.39, 0.29) is 0 Å². The van der Waals surface area contributed by atoms with Crippen molar-refractivity contribution in [3.05, 3.63) is 180 Å². The molecule has 0 N–H and O–H groups in total. The molecule has 0 bridgehead atoms. The fraction of sp³-hybridized carbons (Fsp3) is 0.0667. The Kier molecular flexibility index (Phi) is 6.09. The molecule has 8 aromatic rings. The van der Waals surface area contributed by atoms with Gasteiger partial charge in [-0.25, -0.2) is 0 Å². The summed E-state index contributed by atoms with van der Waals surface area (Å²) in [6, 6.07) is 50.8. The third-order valence-electron chi connectivity index (χ3n) is 10.6. The summed E-state index contributed by atoms with van der Waals surface area (Å²) < 4.78 is 2.50. The van der Waals surface area contributed by atoms with Crippen molar-refractivity contribution in [2.24, 2.45) is 0 Å². The van der Waals surface area contributed by atoms with Crippen LogP contribution in [-0.2, 0) is 5.41 Å². The molecule has 1 unspecified atom stereocenters. The lowest BCUT2D eigenvalue weighted by atomic mass is 9.65. The summed E-state index contributed by atoms with van der Waals surface area (Å²) in [5, 5.41) is 13.6. The number of benzene rings is 6. The van der Waals surface area contributed by atoms with Gasteiger partial charge >= 0.3 is 0 Å². The van der Waals surface area contributed by atoms with E-state index < -0.39 is 5.41 Å². The van der Waals surface area contributed by atoms with Gasteiger partial charge in [0, 0.05) is 21.9 Å². The predicted molar refractivity (Wildman–Crippen MR) is 204 cm³/mol. The summed E-state index contributed by atoms with van der Waals surface area (Å²) in [5.74, 6) is 0. The van der Waals surface area contributed by atoms with Gasteiger partial charge in [-0.15, -0.1) is 10.2 Å². The monoisotopic (exact) mass is 645 g/mol. The van der Waals surface area contributed by atoms with Crippen molar-refractivity contribution in [2.75, 3.05) is 0 Å². The zero-order chi connectivity index (χ0) is 32.7. The second-order valence-corrected chi connectivity index (χ2v) is 13.9. The normalized spacial score (nSPS) is 16.3. The second-order valence-electron chi connectivity index (χ2n) is 12.9. The Morgan fingerprint density at radius 3 is 2.14 bits per heavy atom. The number of nitrogens with zero attached hydrogens (tertiary/aromatic N) is 3. The highest BCUT2D eigenvalue weighted by Crippen LogP contribution is 2.61. The average Bonchev–Trinajstić information content (AvgIpc) is 3.85. The van der Waals surface area contributed by atoms with Gasteiger partial charge in [0.25, 0.3) is 0 Å². The van der Waals surface area contributed by atoms with Crippen molar-refractivity contribution >= 4 is 38.7 Å². The van der Waals surface area contributed by atoms with E-state index in [0.717, 1.165) is 21.1 Å². The lowest BCUT2D eigenvalue weighted by Crippen LogP contribution is -2.33. The first-order valence-corrected chi connectivity index (χ1v) is 17.6. The van der Waals surface area contributed by atoms with Gasteiger partial charge in [-0.1, -0.05) is 145 Å². The summed E-state index contributed by atoms with van der Waals surface area (Å²) in [5.41, 5.74) is 15.9. The van der Waals surface area contributed by atoms with E-state index in [4.69, 9.17) is 0 Å². The maximum Gasteiger partial charge on any atom is 0.148 e. The second kappa shape index (κ2) is 10.6. The smallest absolute Gasteiger partial charge is 0.148 e. The summed E-state index contributed by atoms with van der Waals surface area (Å²) in [4.78, 5) is 0. The molecule has 6 aromatic carbocycles. The van der Waals surface area contributed by atoms with E-state index in [1.54, 1.807) is 11.3 Å². The largest absolute Gasteiger partial charge is 0.309 e. The van der Waals surface area contributed by atoms with Crippen molar-refractivity contribution < 1.29 is 0 Å². The van der Waals surface area contributed by atoms with Crippen LogP contribution in [0.1, 0.15) is 36.1 Å². The molecule has 3 heterocycles. The minimum absolute atomic E-state index is 0.442. The van der Waals surface area contributed by atoms with Crippen molar-refractivity contribution in [3.8, 4) is 38.0 Å². The summed E-state index contributed by atoms with van der Waals surface area (Å²) >= 11 is 1.63. The highest BCUT2D eigenvalue weighted by Gasteiger charge is 2.50. The van der Waals surface area contributed by atoms with Gasteiger partial charge in [-0.3, -0.25) is 0 Å². The van der Waals surface area contributed by atoms with Crippen molar-refractivity contribution in [1.29, 1.82) is 0 Å². The fourth-order valence-corrected chi connectivity index (χ4v) is 9.46. The van der Waals surface area contributed by atoms with Crippen LogP contribution in [0.25, 0.3) is 65.3 Å². The van der Waals surface area contributed by atoms with Gasteiger partial charge in [0.1, 0.15) is 10.0 Å². The van der Waals surface area contributed by atoms with Gasteiger partial charge in [-0.05, 0) is 76.6 Å². The summed E-state index contributed by atoms with van der Waals surface area (Å²) in [6.45, 7) is 4.48. The maximum absolute atomic E-state index is 4.63. The lowest BCUT2D eigenvalue weighted by molar-refractivity contribution is 0.726. The molecular weight excluding hydrogens is 615 g/mol. The van der Waals surface area contributed by atoms with E-state index in [1.165, 1.54) is 72.0 Å². The molecule has 2 aliphatic rings. The van der Waals surface area contributed by atoms with Gasteiger partial charge < -0.3 is 4.57 Å². The van der Waals surface area contributed by atoms with E-state index in [0.29, 0.717) is 0 Å². The number of allylic oxidation sites excluding steroid dienone is 4. The van der Waals surface area contributed by atoms with Crippen molar-refractivity contribution in [3.63, 3.8) is 0 Å². The van der Waals surface area contributed by atoms with Crippen LogP contribution in [0.2, 0.25) is 0 Å². The topological polar surface area (TPSA) is 30.7 Å². The Bertz CT molecular complexity index is 2690. The molecule has 1 atom stereocenters. The quantitative estimate of drug-likeness (QED) is 0.191. The first-order valence-electron chi connectivity index (χ1n) is 16.8. The van der Waals surface area contributed by atoms with Crippen LogP contribution in [0, 0.1) is 0 Å². The molecule has 232 valence electrons. The Morgan fingerprint density at radius 2 is 1.27 bits per heavy atom. The number of hydrogen-bond acceptors (Lipinski definition) is 3. The molecule has 0 saturated carbocycles. The molecule has 1 aliphatic carbocycles. The van der Waals surface area contributed by atoms with Crippen molar-refractivity contribution in [2.45, 2.75) is 19.3 Å². The molecule has 0 saturated heterocycles. The molecule has 3 nitrogen and oxygen atoms in total. The Morgan fingerprint density at radius 1 is 0.612 bits per heavy atom. The molecule has 1 aliphatic heterocycles. The predicted octanol–water partition coefficient (Wildman–Crippen LogP) is 11.6. The van der Waals surface area contributed by atoms with E-state index in [9.17, 15) is 0 Å².